The molecule has 0 atom stereocenters. The summed E-state index contributed by atoms with van der Waals surface area (Å²) < 4.78 is 23.6. The number of Topliss-reactive ketones (excluding diaryl/α,β-unsaturated/α-hetero) is 1. The van der Waals surface area contributed by atoms with Crippen LogP contribution in [0.25, 0.3) is 11.0 Å². The lowest BCUT2D eigenvalue weighted by Gasteiger charge is -2.29. The number of piperidine rings is 1. The summed E-state index contributed by atoms with van der Waals surface area (Å²) in [6.45, 7) is 7.36. The van der Waals surface area contributed by atoms with Crippen LogP contribution in [-0.2, 0) is 12.8 Å². The Morgan fingerprint density at radius 2 is 1.80 bits per heavy atom. The Balaban J connectivity index is 1.55. The van der Waals surface area contributed by atoms with Crippen LogP contribution in [0.5, 0.6) is 17.2 Å². The van der Waals surface area contributed by atoms with E-state index < -0.39 is 5.63 Å². The molecule has 0 bridgehead atoms. The average Bonchev–Trinajstić information content (AvgIpc) is 2.93. The second-order valence-corrected chi connectivity index (χ2v) is 11.3. The Bertz CT molecular complexity index is 1450. The van der Waals surface area contributed by atoms with Gasteiger partial charge in [0.1, 0.15) is 18.5 Å². The largest absolute Gasteiger partial charge is 0.492 e. The number of carbonyl (C=O) groups excluding carboxylic acids is 1. The van der Waals surface area contributed by atoms with Crippen LogP contribution < -0.4 is 19.8 Å². The molecule has 8 nitrogen and oxygen atoms in total. The summed E-state index contributed by atoms with van der Waals surface area (Å²) >= 11 is 0. The minimum atomic E-state index is -0.561. The first-order valence-electron chi connectivity index (χ1n) is 14.2. The topological polar surface area (TPSA) is 81.5 Å². The van der Waals surface area contributed by atoms with E-state index >= 15 is 0 Å². The van der Waals surface area contributed by atoms with Gasteiger partial charge in [-0.1, -0.05) is 11.6 Å². The van der Waals surface area contributed by atoms with E-state index in [-0.39, 0.29) is 18.3 Å². The van der Waals surface area contributed by atoms with Crippen LogP contribution in [0.4, 0.5) is 0 Å². The van der Waals surface area contributed by atoms with Gasteiger partial charge in [-0.25, -0.2) is 4.79 Å². The predicted octanol–water partition coefficient (Wildman–Crippen LogP) is 5.15. The van der Waals surface area contributed by atoms with Gasteiger partial charge in [0, 0.05) is 42.6 Å². The molecule has 41 heavy (non-hydrogen) atoms. The molecule has 4 rings (SSSR count). The van der Waals surface area contributed by atoms with Gasteiger partial charge in [-0.15, -0.1) is 0 Å². The summed E-state index contributed by atoms with van der Waals surface area (Å²) in [6, 6.07) is 10.9. The number of ether oxygens (including phenoxy) is 3. The highest BCUT2D eigenvalue weighted by atomic mass is 16.5. The molecule has 1 aliphatic rings. The smallest absolute Gasteiger partial charge is 0.340 e. The van der Waals surface area contributed by atoms with Gasteiger partial charge in [0.2, 0.25) is 5.75 Å². The number of hydrogen-bond acceptors (Lipinski definition) is 8. The number of methoxy groups -OCH3 is 1. The van der Waals surface area contributed by atoms with E-state index in [2.05, 4.69) is 22.9 Å². The van der Waals surface area contributed by atoms with E-state index in [0.29, 0.717) is 46.6 Å². The van der Waals surface area contributed by atoms with Crippen molar-refractivity contribution in [3.8, 4) is 17.2 Å². The number of benzene rings is 2. The first-order valence-corrected chi connectivity index (χ1v) is 14.2. The van der Waals surface area contributed by atoms with Crippen molar-refractivity contribution >= 4 is 16.8 Å². The van der Waals surface area contributed by atoms with Crippen LogP contribution in [0.2, 0.25) is 0 Å². The summed E-state index contributed by atoms with van der Waals surface area (Å²) in [5, 5.41) is 0.675. The number of hydrogen-bond donors (Lipinski definition) is 0. The van der Waals surface area contributed by atoms with Crippen molar-refractivity contribution in [3.05, 3.63) is 75.2 Å². The van der Waals surface area contributed by atoms with Crippen LogP contribution >= 0.6 is 0 Å². The molecule has 1 aliphatic heterocycles. The lowest BCUT2D eigenvalue weighted by Crippen LogP contribution is -2.35. The maximum atomic E-state index is 13.3. The molecule has 220 valence electrons. The third-order valence-electron chi connectivity index (χ3n) is 7.32. The molecule has 1 aromatic heterocycles. The number of carbonyl (C=O) groups is 1. The quantitative estimate of drug-likeness (QED) is 0.170. The molecule has 0 N–H and O–H groups in total. The zero-order valence-electron chi connectivity index (χ0n) is 25.1. The number of likely N-dealkylation sites (tertiary alicyclic amines) is 1. The zero-order valence-corrected chi connectivity index (χ0v) is 25.1. The van der Waals surface area contributed by atoms with Gasteiger partial charge in [0.05, 0.1) is 7.11 Å². The molecule has 0 amide bonds. The maximum Gasteiger partial charge on any atom is 0.340 e. The molecule has 2 aromatic carbocycles. The van der Waals surface area contributed by atoms with E-state index in [1.165, 1.54) is 12.7 Å². The van der Waals surface area contributed by atoms with Crippen molar-refractivity contribution in [3.63, 3.8) is 0 Å². The monoisotopic (exact) mass is 562 g/mol. The van der Waals surface area contributed by atoms with E-state index in [0.717, 1.165) is 43.8 Å². The lowest BCUT2D eigenvalue weighted by molar-refractivity contribution is 0.0991. The fraction of sp³-hybridized carbons (Fsp3) is 0.455. The molecule has 0 spiro atoms. The Morgan fingerprint density at radius 1 is 1.07 bits per heavy atom. The molecule has 1 fully saturated rings. The Labute approximate surface area is 242 Å². The highest BCUT2D eigenvalue weighted by Crippen LogP contribution is 2.36. The van der Waals surface area contributed by atoms with Crippen LogP contribution in [-0.4, -0.2) is 76.2 Å². The Kier molecular flexibility index (Phi) is 10.2. The number of allylic oxidation sites excluding steroid dienone is 2. The molecule has 3 aromatic rings. The van der Waals surface area contributed by atoms with Crippen molar-refractivity contribution < 1.29 is 23.4 Å². The highest BCUT2D eigenvalue weighted by Gasteiger charge is 2.22. The van der Waals surface area contributed by atoms with Gasteiger partial charge in [-0.05, 0) is 96.2 Å². The molecule has 1 saturated heterocycles. The number of nitrogens with zero attached hydrogens (tertiary/aromatic N) is 2. The lowest BCUT2D eigenvalue weighted by atomic mass is 9.99. The fourth-order valence-electron chi connectivity index (χ4n) is 4.86. The molecular weight excluding hydrogens is 520 g/mol. The zero-order chi connectivity index (χ0) is 29.5. The van der Waals surface area contributed by atoms with Crippen molar-refractivity contribution in [2.24, 2.45) is 0 Å². The van der Waals surface area contributed by atoms with Gasteiger partial charge >= 0.3 is 5.63 Å². The molecule has 0 radical (unpaired) electrons. The number of ketones is 1. The predicted molar refractivity (Wildman–Crippen MR) is 162 cm³/mol. The molecular formula is C33H42N2O6. The summed E-state index contributed by atoms with van der Waals surface area (Å²) in [5.41, 5.74) is 2.71. The van der Waals surface area contributed by atoms with E-state index in [1.54, 1.807) is 12.1 Å². The van der Waals surface area contributed by atoms with Crippen LogP contribution in [0.1, 0.15) is 48.2 Å². The standard InChI is InChI=1S/C33H42N2O6/c1-22(2)7-8-24-19-23(9-11-29(24)39-18-17-34(3)4)28(36)21-26-20-25-10-12-30(32(38-6)31(25)41-33(26)37)40-27-13-15-35(5)16-14-27/h7,9-12,19-20,27H,8,13-18,21H2,1-6H3. The average molecular weight is 563 g/mol. The summed E-state index contributed by atoms with van der Waals surface area (Å²) in [5.74, 6) is 1.55. The number of fused-ring (bicyclic) bond motifs is 1. The molecule has 2 heterocycles. The third-order valence-corrected chi connectivity index (χ3v) is 7.32. The summed E-state index contributed by atoms with van der Waals surface area (Å²) in [6.07, 6.45) is 4.60. The van der Waals surface area contributed by atoms with E-state index in [4.69, 9.17) is 18.6 Å². The van der Waals surface area contributed by atoms with Gasteiger partial charge < -0.3 is 28.4 Å². The highest BCUT2D eigenvalue weighted by molar-refractivity contribution is 5.98. The van der Waals surface area contributed by atoms with Crippen molar-refractivity contribution in [2.75, 3.05) is 54.5 Å². The molecule has 0 saturated carbocycles. The fourth-order valence-corrected chi connectivity index (χ4v) is 4.86. The first-order chi connectivity index (χ1) is 19.6. The van der Waals surface area contributed by atoms with Crippen LogP contribution in [0.3, 0.4) is 0 Å². The number of rotatable bonds is 12. The molecule has 0 aliphatic carbocycles. The second-order valence-electron chi connectivity index (χ2n) is 11.3. The van der Waals surface area contributed by atoms with Crippen molar-refractivity contribution in [1.82, 2.24) is 9.80 Å². The normalized spacial score (nSPS) is 14.3. The van der Waals surface area contributed by atoms with Crippen molar-refractivity contribution in [2.45, 2.75) is 45.6 Å². The maximum absolute atomic E-state index is 13.3. The minimum Gasteiger partial charge on any atom is -0.492 e. The minimum absolute atomic E-state index is 0.0721. The third kappa shape index (κ3) is 7.99. The number of likely N-dealkylation sites (N-methyl/N-ethyl adjacent to an activating group) is 1. The summed E-state index contributed by atoms with van der Waals surface area (Å²) in [7, 11) is 7.63. The van der Waals surface area contributed by atoms with Gasteiger partial charge in [0.25, 0.3) is 0 Å². The van der Waals surface area contributed by atoms with Gasteiger partial charge in [-0.2, -0.15) is 0 Å². The second kappa shape index (κ2) is 13.8. The summed E-state index contributed by atoms with van der Waals surface area (Å²) in [4.78, 5) is 30.7. The van der Waals surface area contributed by atoms with Crippen LogP contribution in [0, 0.1) is 0 Å². The van der Waals surface area contributed by atoms with Gasteiger partial charge in [-0.3, -0.25) is 4.79 Å². The SMILES string of the molecule is COc1c(OC2CCN(C)CC2)ccc2cc(CC(=O)c3ccc(OCCN(C)C)c(CC=C(C)C)c3)c(=O)oc12. The molecule has 8 heteroatoms. The Morgan fingerprint density at radius 3 is 2.49 bits per heavy atom. The van der Waals surface area contributed by atoms with E-state index in [1.807, 2.05) is 52.2 Å². The van der Waals surface area contributed by atoms with Crippen molar-refractivity contribution in [1.29, 1.82) is 0 Å². The molecule has 0 unspecified atom stereocenters. The van der Waals surface area contributed by atoms with Gasteiger partial charge in [0.15, 0.2) is 17.1 Å². The first kappa shape index (κ1) is 30.3. The van der Waals surface area contributed by atoms with Crippen LogP contribution in [0.15, 0.2) is 57.3 Å². The van der Waals surface area contributed by atoms with E-state index in [9.17, 15) is 9.59 Å². The Hall–Kier alpha value is -3.62.